The topological polar surface area (TPSA) is 24.9 Å². The summed E-state index contributed by atoms with van der Waals surface area (Å²) in [7, 11) is 0. The number of aromatic nitrogens is 1. The first-order valence-corrected chi connectivity index (χ1v) is 7.22. The van der Waals surface area contributed by atoms with E-state index in [2.05, 4.69) is 26.2 Å². The second kappa shape index (κ2) is 5.61. The van der Waals surface area contributed by atoms with Crippen LogP contribution < -0.4 is 5.32 Å². The summed E-state index contributed by atoms with van der Waals surface area (Å²) in [5.41, 5.74) is 1.12. The highest BCUT2D eigenvalue weighted by Gasteiger charge is 2.30. The maximum absolute atomic E-state index is 12.8. The standard InChI is InChI=1S/C16H10BrF3N2/c17-12-3-1-2-4-14(12)22-13-7-8-21-15-9-10(16(18,19)20)5-6-11(13)15/h1-9H,(H,21,22). The Morgan fingerprint density at radius 2 is 1.73 bits per heavy atom. The minimum absolute atomic E-state index is 0.298. The number of nitrogens with one attached hydrogen (secondary N) is 1. The fraction of sp³-hybridized carbons (Fsp3) is 0.0625. The number of hydrogen-bond acceptors (Lipinski definition) is 2. The van der Waals surface area contributed by atoms with Crippen molar-refractivity contribution in [1.29, 1.82) is 0 Å². The third-order valence-electron chi connectivity index (χ3n) is 3.21. The van der Waals surface area contributed by atoms with Gasteiger partial charge in [0, 0.05) is 21.7 Å². The van der Waals surface area contributed by atoms with Gasteiger partial charge in [0.15, 0.2) is 0 Å². The quantitative estimate of drug-likeness (QED) is 0.623. The van der Waals surface area contributed by atoms with Gasteiger partial charge in [-0.15, -0.1) is 0 Å². The molecule has 1 heterocycles. The average molecular weight is 367 g/mol. The number of rotatable bonds is 2. The predicted octanol–water partition coefficient (Wildman–Crippen LogP) is 5.76. The molecule has 0 radical (unpaired) electrons. The normalized spacial score (nSPS) is 11.6. The Morgan fingerprint density at radius 3 is 2.45 bits per heavy atom. The van der Waals surface area contributed by atoms with Crippen LogP contribution in [-0.4, -0.2) is 4.98 Å². The summed E-state index contributed by atoms with van der Waals surface area (Å²) in [6.45, 7) is 0. The zero-order valence-corrected chi connectivity index (χ0v) is 12.7. The zero-order valence-electron chi connectivity index (χ0n) is 11.2. The lowest BCUT2D eigenvalue weighted by atomic mass is 10.1. The summed E-state index contributed by atoms with van der Waals surface area (Å²) in [5.74, 6) is 0. The fourth-order valence-corrected chi connectivity index (χ4v) is 2.52. The Kier molecular flexibility index (Phi) is 3.78. The van der Waals surface area contributed by atoms with Crippen molar-refractivity contribution in [3.05, 3.63) is 64.8 Å². The van der Waals surface area contributed by atoms with E-state index >= 15 is 0 Å². The molecule has 1 aromatic heterocycles. The van der Waals surface area contributed by atoms with Crippen molar-refractivity contribution >= 4 is 38.2 Å². The van der Waals surface area contributed by atoms with Gasteiger partial charge in [-0.2, -0.15) is 13.2 Å². The molecule has 2 nitrogen and oxygen atoms in total. The molecule has 0 saturated heterocycles. The Hall–Kier alpha value is -2.08. The van der Waals surface area contributed by atoms with Crippen molar-refractivity contribution in [3.63, 3.8) is 0 Å². The molecule has 22 heavy (non-hydrogen) atoms. The van der Waals surface area contributed by atoms with E-state index in [1.807, 2.05) is 24.3 Å². The first-order chi connectivity index (χ1) is 10.4. The van der Waals surface area contributed by atoms with Crippen LogP contribution in [0.15, 0.2) is 59.2 Å². The lowest BCUT2D eigenvalue weighted by Gasteiger charge is -2.12. The van der Waals surface area contributed by atoms with Gasteiger partial charge in [-0.3, -0.25) is 4.98 Å². The molecule has 112 valence electrons. The maximum atomic E-state index is 12.8. The number of para-hydroxylation sites is 1. The molecule has 0 aliphatic rings. The molecule has 0 aliphatic carbocycles. The van der Waals surface area contributed by atoms with Crippen molar-refractivity contribution in [3.8, 4) is 0 Å². The number of anilines is 2. The van der Waals surface area contributed by atoms with Gasteiger partial charge in [0.25, 0.3) is 0 Å². The lowest BCUT2D eigenvalue weighted by Crippen LogP contribution is -2.04. The predicted molar refractivity (Wildman–Crippen MR) is 84.2 cm³/mol. The van der Waals surface area contributed by atoms with Crippen LogP contribution in [-0.2, 0) is 6.18 Å². The number of benzene rings is 2. The monoisotopic (exact) mass is 366 g/mol. The highest BCUT2D eigenvalue weighted by Crippen LogP contribution is 2.34. The van der Waals surface area contributed by atoms with Crippen LogP contribution in [0.2, 0.25) is 0 Å². The third kappa shape index (κ3) is 2.92. The zero-order chi connectivity index (χ0) is 15.7. The smallest absolute Gasteiger partial charge is 0.354 e. The largest absolute Gasteiger partial charge is 0.416 e. The van der Waals surface area contributed by atoms with E-state index in [-0.39, 0.29) is 0 Å². The van der Waals surface area contributed by atoms with E-state index in [0.717, 1.165) is 22.3 Å². The van der Waals surface area contributed by atoms with E-state index in [4.69, 9.17) is 0 Å². The molecule has 3 aromatic rings. The van der Waals surface area contributed by atoms with E-state index in [1.54, 1.807) is 6.07 Å². The highest BCUT2D eigenvalue weighted by atomic mass is 79.9. The van der Waals surface area contributed by atoms with Gasteiger partial charge < -0.3 is 5.32 Å². The van der Waals surface area contributed by atoms with Gasteiger partial charge >= 0.3 is 6.18 Å². The Balaban J connectivity index is 2.06. The Bertz CT molecular complexity index is 831. The van der Waals surface area contributed by atoms with E-state index < -0.39 is 11.7 Å². The van der Waals surface area contributed by atoms with E-state index in [1.165, 1.54) is 12.3 Å². The molecule has 0 amide bonds. The molecule has 2 aromatic carbocycles. The molecule has 0 aliphatic heterocycles. The minimum atomic E-state index is -4.37. The molecule has 0 bridgehead atoms. The first-order valence-electron chi connectivity index (χ1n) is 6.43. The number of hydrogen-bond donors (Lipinski definition) is 1. The van der Waals surface area contributed by atoms with Crippen molar-refractivity contribution in [2.45, 2.75) is 6.18 Å². The lowest BCUT2D eigenvalue weighted by molar-refractivity contribution is -0.137. The van der Waals surface area contributed by atoms with Crippen molar-refractivity contribution in [2.24, 2.45) is 0 Å². The van der Waals surface area contributed by atoms with Crippen molar-refractivity contribution in [2.75, 3.05) is 5.32 Å². The number of halogens is 4. The molecule has 0 unspecified atom stereocenters. The van der Waals surface area contributed by atoms with Crippen LogP contribution in [0.3, 0.4) is 0 Å². The van der Waals surface area contributed by atoms with E-state index in [0.29, 0.717) is 16.6 Å². The average Bonchev–Trinajstić information content (AvgIpc) is 2.48. The third-order valence-corrected chi connectivity index (χ3v) is 3.90. The molecule has 3 rings (SSSR count). The number of nitrogens with zero attached hydrogens (tertiary/aromatic N) is 1. The van der Waals surface area contributed by atoms with Crippen molar-refractivity contribution < 1.29 is 13.2 Å². The molecule has 0 fully saturated rings. The van der Waals surface area contributed by atoms with Crippen molar-refractivity contribution in [1.82, 2.24) is 4.98 Å². The number of fused-ring (bicyclic) bond motifs is 1. The maximum Gasteiger partial charge on any atom is 0.416 e. The van der Waals surface area contributed by atoms with Crippen LogP contribution in [0.5, 0.6) is 0 Å². The first kappa shape index (κ1) is 14.8. The summed E-state index contributed by atoms with van der Waals surface area (Å²) in [5, 5.41) is 3.84. The molecule has 0 spiro atoms. The second-order valence-electron chi connectivity index (χ2n) is 4.69. The highest BCUT2D eigenvalue weighted by molar-refractivity contribution is 9.10. The minimum Gasteiger partial charge on any atom is -0.354 e. The van der Waals surface area contributed by atoms with Gasteiger partial charge in [0.1, 0.15) is 0 Å². The van der Waals surface area contributed by atoms with Gasteiger partial charge in [-0.05, 0) is 46.3 Å². The SMILES string of the molecule is FC(F)(F)c1ccc2c(Nc3ccccc3Br)ccnc2c1. The molecule has 0 atom stereocenters. The van der Waals surface area contributed by atoms with Gasteiger partial charge in [0.2, 0.25) is 0 Å². The van der Waals surface area contributed by atoms with Crippen LogP contribution in [0, 0.1) is 0 Å². The number of pyridine rings is 1. The Morgan fingerprint density at radius 1 is 0.955 bits per heavy atom. The van der Waals surface area contributed by atoms with Crippen LogP contribution in [0.1, 0.15) is 5.56 Å². The van der Waals surface area contributed by atoms with E-state index in [9.17, 15) is 13.2 Å². The van der Waals surface area contributed by atoms with Gasteiger partial charge in [-0.1, -0.05) is 18.2 Å². The van der Waals surface area contributed by atoms with Gasteiger partial charge in [-0.25, -0.2) is 0 Å². The summed E-state index contributed by atoms with van der Waals surface area (Å²) in [4.78, 5) is 4.03. The summed E-state index contributed by atoms with van der Waals surface area (Å²) < 4.78 is 39.2. The second-order valence-corrected chi connectivity index (χ2v) is 5.55. The molecule has 6 heteroatoms. The number of alkyl halides is 3. The summed E-state index contributed by atoms with van der Waals surface area (Å²) in [6.07, 6.45) is -2.89. The van der Waals surface area contributed by atoms with Crippen LogP contribution in [0.25, 0.3) is 10.9 Å². The van der Waals surface area contributed by atoms with Crippen LogP contribution in [0.4, 0.5) is 24.5 Å². The van der Waals surface area contributed by atoms with Crippen LogP contribution >= 0.6 is 15.9 Å². The molecular formula is C16H10BrF3N2. The van der Waals surface area contributed by atoms with Gasteiger partial charge in [0.05, 0.1) is 16.8 Å². The summed E-state index contributed by atoms with van der Waals surface area (Å²) in [6, 6.07) is 12.8. The fourth-order valence-electron chi connectivity index (χ4n) is 2.14. The molecule has 0 saturated carbocycles. The summed E-state index contributed by atoms with van der Waals surface area (Å²) >= 11 is 3.43. The molecular weight excluding hydrogens is 357 g/mol. The molecule has 1 N–H and O–H groups in total. The Labute approximate surface area is 133 Å².